The van der Waals surface area contributed by atoms with Crippen molar-refractivity contribution in [3.63, 3.8) is 0 Å². The Labute approximate surface area is 137 Å². The molecule has 1 aromatic heterocycles. The average Bonchev–Trinajstić information content (AvgIpc) is 2.74. The van der Waals surface area contributed by atoms with Crippen molar-refractivity contribution in [3.8, 4) is 0 Å². The zero-order chi connectivity index (χ0) is 17.5. The van der Waals surface area contributed by atoms with E-state index in [0.717, 1.165) is 17.1 Å². The van der Waals surface area contributed by atoms with Crippen molar-refractivity contribution in [3.05, 3.63) is 32.6 Å². The molecular weight excluding hydrogens is 314 g/mol. The number of aromatic nitrogens is 2. The topological polar surface area (TPSA) is 73.5 Å². The second kappa shape index (κ2) is 6.46. The van der Waals surface area contributed by atoms with E-state index in [1.807, 2.05) is 7.85 Å². The van der Waals surface area contributed by atoms with E-state index in [0.29, 0.717) is 5.56 Å². The van der Waals surface area contributed by atoms with E-state index in [1.165, 1.54) is 17.8 Å². The molecule has 4 atom stereocenters. The molecule has 0 saturated carbocycles. The molecule has 128 valence electrons. The standard InChI is InChI=1S/C15H26BN2O4P/c1-17-8-9(14(20)18(2)15(17)21)13-12(19)11(16)10(22-13)6-7-23(3,4)5/h8,10-13,19H,3,6-7,16H2,1-2,4-5H3/t10-,11-,12-,13+/m1/s1. The first-order valence-corrected chi connectivity index (χ1v) is 10.9. The minimum absolute atomic E-state index is 0.0616. The van der Waals surface area contributed by atoms with Gasteiger partial charge < -0.3 is 14.4 Å². The van der Waals surface area contributed by atoms with Crippen molar-refractivity contribution in [2.45, 2.75) is 30.5 Å². The van der Waals surface area contributed by atoms with Crippen LogP contribution in [0.5, 0.6) is 0 Å². The summed E-state index contributed by atoms with van der Waals surface area (Å²) in [7, 11) is 4.96. The molecule has 8 heteroatoms. The quantitative estimate of drug-likeness (QED) is 0.587. The smallest absolute Gasteiger partial charge is 0.330 e. The molecule has 23 heavy (non-hydrogen) atoms. The Kier molecular flexibility index (Phi) is 5.14. The van der Waals surface area contributed by atoms with E-state index >= 15 is 0 Å². The summed E-state index contributed by atoms with van der Waals surface area (Å²) in [6.07, 6.45) is 5.94. The van der Waals surface area contributed by atoms with Gasteiger partial charge in [0.25, 0.3) is 5.56 Å². The maximum atomic E-state index is 12.4. The number of nitrogens with zero attached hydrogens (tertiary/aromatic N) is 2. The van der Waals surface area contributed by atoms with E-state index in [1.54, 1.807) is 7.05 Å². The van der Waals surface area contributed by atoms with Gasteiger partial charge in [0.2, 0.25) is 0 Å². The molecule has 1 saturated heterocycles. The molecule has 0 aliphatic carbocycles. The Morgan fingerprint density at radius 1 is 1.39 bits per heavy atom. The molecule has 0 aromatic carbocycles. The lowest BCUT2D eigenvalue weighted by Gasteiger charge is -2.19. The number of ether oxygens (including phenoxy) is 1. The van der Waals surface area contributed by atoms with E-state index in [-0.39, 0.29) is 17.6 Å². The van der Waals surface area contributed by atoms with Crippen LogP contribution >= 0.6 is 6.89 Å². The fourth-order valence-electron chi connectivity index (χ4n) is 2.98. The molecule has 1 aliphatic heterocycles. The van der Waals surface area contributed by atoms with Gasteiger partial charge in [-0.1, -0.05) is 0 Å². The number of aryl methyl sites for hydroxylation is 1. The normalized spacial score (nSPS) is 28.2. The third-order valence-electron chi connectivity index (χ3n) is 4.56. The molecule has 0 amide bonds. The molecule has 2 rings (SSSR count). The lowest BCUT2D eigenvalue weighted by molar-refractivity contribution is 0.00679. The molecule has 1 fully saturated rings. The van der Waals surface area contributed by atoms with Crippen molar-refractivity contribution < 1.29 is 9.84 Å². The van der Waals surface area contributed by atoms with Crippen LogP contribution in [0.15, 0.2) is 15.8 Å². The predicted octanol–water partition coefficient (Wildman–Crippen LogP) is -0.594. The minimum atomic E-state index is -1.16. The van der Waals surface area contributed by atoms with Gasteiger partial charge in [-0.05, 0) is 31.7 Å². The monoisotopic (exact) mass is 340 g/mol. The van der Waals surface area contributed by atoms with Gasteiger partial charge in [-0.15, -0.1) is 13.2 Å². The summed E-state index contributed by atoms with van der Waals surface area (Å²) in [4.78, 5) is 24.2. The van der Waals surface area contributed by atoms with Gasteiger partial charge in [0.15, 0.2) is 0 Å². The third-order valence-corrected chi connectivity index (χ3v) is 6.02. The lowest BCUT2D eigenvalue weighted by atomic mass is 9.77. The number of aliphatic hydroxyl groups excluding tert-OH is 1. The van der Waals surface area contributed by atoms with E-state index in [4.69, 9.17) is 4.74 Å². The Balaban J connectivity index is 2.30. The highest BCUT2D eigenvalue weighted by Crippen LogP contribution is 2.43. The van der Waals surface area contributed by atoms with Gasteiger partial charge in [0.05, 0.1) is 17.8 Å². The molecule has 1 aliphatic rings. The SMILES string of the molecule is B[C@H]1[C@@H](O)[C@H](c2cn(C)c(=O)n(C)c2=O)O[C@@H]1CCP(=C)(C)C. The van der Waals surface area contributed by atoms with Crippen molar-refractivity contribution in [1.29, 1.82) is 0 Å². The number of aliphatic hydroxyl groups is 1. The van der Waals surface area contributed by atoms with Crippen LogP contribution in [0.1, 0.15) is 18.1 Å². The Hall–Kier alpha value is -1.04. The van der Waals surface area contributed by atoms with Crippen LogP contribution in [-0.2, 0) is 18.8 Å². The minimum Gasteiger partial charge on any atom is -0.390 e. The van der Waals surface area contributed by atoms with E-state index < -0.39 is 24.7 Å². The molecule has 1 N–H and O–H groups in total. The molecular formula is C15H26BN2O4P. The number of rotatable bonds is 4. The summed E-state index contributed by atoms with van der Waals surface area (Å²) in [6, 6.07) is 0. The summed E-state index contributed by atoms with van der Waals surface area (Å²) < 4.78 is 8.40. The van der Waals surface area contributed by atoms with Gasteiger partial charge in [-0.3, -0.25) is 9.36 Å². The highest BCUT2D eigenvalue weighted by atomic mass is 31.2. The second-order valence-corrected chi connectivity index (χ2v) is 11.6. The zero-order valence-electron chi connectivity index (χ0n) is 14.5. The first-order valence-electron chi connectivity index (χ1n) is 7.80. The van der Waals surface area contributed by atoms with E-state index in [2.05, 4.69) is 19.6 Å². The first-order chi connectivity index (χ1) is 10.5. The Morgan fingerprint density at radius 2 is 2.00 bits per heavy atom. The van der Waals surface area contributed by atoms with Crippen LogP contribution in [0.2, 0.25) is 5.82 Å². The van der Waals surface area contributed by atoms with Crippen LogP contribution in [0.3, 0.4) is 0 Å². The second-order valence-electron chi connectivity index (χ2n) is 7.23. The van der Waals surface area contributed by atoms with Crippen molar-refractivity contribution in [2.24, 2.45) is 14.1 Å². The third kappa shape index (κ3) is 3.73. The fourth-order valence-corrected chi connectivity index (χ4v) is 3.94. The molecule has 2 heterocycles. The Bertz CT molecular complexity index is 751. The molecule has 0 radical (unpaired) electrons. The summed E-state index contributed by atoms with van der Waals surface area (Å²) in [5.41, 5.74) is -0.463. The van der Waals surface area contributed by atoms with Crippen molar-refractivity contribution in [2.75, 3.05) is 19.5 Å². The number of hydrogen-bond acceptors (Lipinski definition) is 4. The largest absolute Gasteiger partial charge is 0.390 e. The van der Waals surface area contributed by atoms with E-state index in [9.17, 15) is 14.7 Å². The fraction of sp³-hybridized carbons (Fsp3) is 0.667. The predicted molar refractivity (Wildman–Crippen MR) is 98.2 cm³/mol. The average molecular weight is 340 g/mol. The first kappa shape index (κ1) is 18.3. The Morgan fingerprint density at radius 3 is 2.57 bits per heavy atom. The van der Waals surface area contributed by atoms with Gasteiger partial charge in [0.1, 0.15) is 14.0 Å². The molecule has 0 spiro atoms. The summed E-state index contributed by atoms with van der Waals surface area (Å²) in [5, 5.41) is 10.5. The zero-order valence-corrected chi connectivity index (χ0v) is 15.4. The van der Waals surface area contributed by atoms with Crippen molar-refractivity contribution >= 4 is 21.0 Å². The summed E-state index contributed by atoms with van der Waals surface area (Å²) in [5.74, 6) is -0.0616. The van der Waals surface area contributed by atoms with Crippen LogP contribution in [0.25, 0.3) is 0 Å². The van der Waals surface area contributed by atoms with Gasteiger partial charge in [0, 0.05) is 20.3 Å². The van der Waals surface area contributed by atoms with Gasteiger partial charge in [-0.2, -0.15) is 0 Å². The van der Waals surface area contributed by atoms with Crippen LogP contribution in [-0.4, -0.2) is 60.1 Å². The lowest BCUT2D eigenvalue weighted by Crippen LogP contribution is -2.40. The van der Waals surface area contributed by atoms with Crippen LogP contribution < -0.4 is 11.2 Å². The van der Waals surface area contributed by atoms with Gasteiger partial charge >= 0.3 is 5.69 Å². The highest BCUT2D eigenvalue weighted by Gasteiger charge is 2.42. The van der Waals surface area contributed by atoms with Crippen LogP contribution in [0, 0.1) is 0 Å². The summed E-state index contributed by atoms with van der Waals surface area (Å²) in [6.45, 7) is 3.18. The van der Waals surface area contributed by atoms with Crippen LogP contribution in [0.4, 0.5) is 0 Å². The molecule has 0 unspecified atom stereocenters. The molecule has 6 nitrogen and oxygen atoms in total. The number of hydrogen-bond donors (Lipinski definition) is 1. The summed E-state index contributed by atoms with van der Waals surface area (Å²) >= 11 is 0. The maximum Gasteiger partial charge on any atom is 0.330 e. The maximum absolute atomic E-state index is 12.4. The van der Waals surface area contributed by atoms with Gasteiger partial charge in [-0.25, -0.2) is 4.79 Å². The highest BCUT2D eigenvalue weighted by molar-refractivity contribution is 7.72. The molecule has 0 bridgehead atoms. The van der Waals surface area contributed by atoms with Crippen molar-refractivity contribution in [1.82, 2.24) is 9.13 Å². The molecule has 1 aromatic rings.